The second-order valence-electron chi connectivity index (χ2n) is 5.69. The van der Waals surface area contributed by atoms with Crippen LogP contribution in [-0.4, -0.2) is 51.1 Å². The minimum atomic E-state index is -0.00728. The van der Waals surface area contributed by atoms with Crippen molar-refractivity contribution in [3.05, 3.63) is 30.3 Å². The highest BCUT2D eigenvalue weighted by Crippen LogP contribution is 2.19. The molecule has 134 valence electrons. The molecule has 24 heavy (non-hydrogen) atoms. The average molecular weight is 445 g/mol. The first-order valence-corrected chi connectivity index (χ1v) is 8.26. The molecule has 1 saturated heterocycles. The molecule has 1 heterocycles. The summed E-state index contributed by atoms with van der Waals surface area (Å²) < 4.78 is 0. The fraction of sp³-hybridized carbons (Fsp3) is 0.529. The molecule has 3 N–H and O–H groups in total. The highest BCUT2D eigenvalue weighted by atomic mass is 127. The van der Waals surface area contributed by atoms with Crippen LogP contribution in [0.2, 0.25) is 0 Å². The highest BCUT2D eigenvalue weighted by molar-refractivity contribution is 14.0. The number of guanidine groups is 1. The monoisotopic (exact) mass is 445 g/mol. The predicted octanol–water partition coefficient (Wildman–Crippen LogP) is 1.57. The number of carbonyl (C=O) groups excluding carboxylic acids is 1. The number of rotatable bonds is 6. The van der Waals surface area contributed by atoms with Crippen molar-refractivity contribution in [2.75, 3.05) is 38.1 Å². The van der Waals surface area contributed by atoms with E-state index in [1.807, 2.05) is 13.0 Å². The number of anilines is 1. The maximum Gasteiger partial charge on any atom is 0.239 e. The summed E-state index contributed by atoms with van der Waals surface area (Å²) in [4.78, 5) is 18.2. The molecule has 6 nitrogen and oxygen atoms in total. The van der Waals surface area contributed by atoms with Gasteiger partial charge in [0.1, 0.15) is 0 Å². The fourth-order valence-electron chi connectivity index (χ4n) is 2.63. The van der Waals surface area contributed by atoms with Gasteiger partial charge in [-0.2, -0.15) is 0 Å². The Morgan fingerprint density at radius 3 is 2.71 bits per heavy atom. The summed E-state index contributed by atoms with van der Waals surface area (Å²) in [5.74, 6) is 0.670. The van der Waals surface area contributed by atoms with Gasteiger partial charge in [0.25, 0.3) is 0 Å². The lowest BCUT2D eigenvalue weighted by atomic mass is 10.3. The second kappa shape index (κ2) is 11.1. The Balaban J connectivity index is 0.00000288. The molecule has 1 aromatic carbocycles. The number of halogens is 1. The lowest BCUT2D eigenvalue weighted by Gasteiger charge is -2.20. The van der Waals surface area contributed by atoms with Crippen LogP contribution in [0.3, 0.4) is 0 Å². The van der Waals surface area contributed by atoms with Crippen LogP contribution in [-0.2, 0) is 4.79 Å². The molecule has 0 spiro atoms. The van der Waals surface area contributed by atoms with Crippen molar-refractivity contribution in [3.8, 4) is 0 Å². The Morgan fingerprint density at radius 2 is 2.04 bits per heavy atom. The number of para-hydroxylation sites is 1. The van der Waals surface area contributed by atoms with Gasteiger partial charge in [-0.15, -0.1) is 24.0 Å². The van der Waals surface area contributed by atoms with Gasteiger partial charge in [-0.25, -0.2) is 0 Å². The molecule has 0 radical (unpaired) electrons. The van der Waals surface area contributed by atoms with Crippen molar-refractivity contribution in [1.82, 2.24) is 16.0 Å². The van der Waals surface area contributed by atoms with Crippen LogP contribution in [0.1, 0.15) is 19.8 Å². The predicted molar refractivity (Wildman–Crippen MR) is 110 cm³/mol. The Morgan fingerprint density at radius 1 is 1.29 bits per heavy atom. The van der Waals surface area contributed by atoms with E-state index >= 15 is 0 Å². The van der Waals surface area contributed by atoms with Gasteiger partial charge in [-0.3, -0.25) is 9.79 Å². The topological polar surface area (TPSA) is 68.8 Å². The van der Waals surface area contributed by atoms with Crippen LogP contribution >= 0.6 is 24.0 Å². The van der Waals surface area contributed by atoms with Crippen molar-refractivity contribution in [3.63, 3.8) is 0 Å². The first-order chi connectivity index (χ1) is 11.2. The standard InChI is InChI=1S/C17H27N5O.HI/c1-3-10-19-16(23)12-20-17(18-2)21-14-9-11-22(13-14)15-7-5-4-6-8-15;/h4-8,14H,3,9-13H2,1-2H3,(H,19,23)(H2,18,20,21);1H. The van der Waals surface area contributed by atoms with Gasteiger partial charge in [0.2, 0.25) is 5.91 Å². The van der Waals surface area contributed by atoms with E-state index in [9.17, 15) is 4.79 Å². The molecule has 1 aliphatic rings. The molecule has 0 saturated carbocycles. The summed E-state index contributed by atoms with van der Waals surface area (Å²) in [5, 5.41) is 9.30. The van der Waals surface area contributed by atoms with Gasteiger partial charge >= 0.3 is 0 Å². The van der Waals surface area contributed by atoms with Gasteiger partial charge in [0.15, 0.2) is 5.96 Å². The van der Waals surface area contributed by atoms with E-state index in [1.54, 1.807) is 7.05 Å². The number of nitrogens with zero attached hydrogens (tertiary/aromatic N) is 2. The zero-order valence-corrected chi connectivity index (χ0v) is 16.7. The van der Waals surface area contributed by atoms with E-state index in [-0.39, 0.29) is 36.4 Å². The molecule has 0 bridgehead atoms. The van der Waals surface area contributed by atoms with Crippen molar-refractivity contribution in [2.45, 2.75) is 25.8 Å². The molecule has 7 heteroatoms. The molecular formula is C17H28IN5O. The Labute approximate surface area is 161 Å². The minimum absolute atomic E-state index is 0. The number of nitrogens with one attached hydrogen (secondary N) is 3. The summed E-state index contributed by atoms with van der Waals surface area (Å²) in [7, 11) is 1.73. The van der Waals surface area contributed by atoms with Gasteiger partial charge in [0.05, 0.1) is 6.54 Å². The largest absolute Gasteiger partial charge is 0.369 e. The lowest BCUT2D eigenvalue weighted by molar-refractivity contribution is -0.120. The molecule has 0 aliphatic carbocycles. The maximum atomic E-state index is 11.6. The van der Waals surface area contributed by atoms with Gasteiger partial charge in [0, 0.05) is 38.4 Å². The van der Waals surface area contributed by atoms with E-state index in [0.717, 1.165) is 25.9 Å². The summed E-state index contributed by atoms with van der Waals surface area (Å²) in [6.45, 7) is 4.95. The fourth-order valence-corrected chi connectivity index (χ4v) is 2.63. The van der Waals surface area contributed by atoms with Gasteiger partial charge in [-0.1, -0.05) is 25.1 Å². The molecule has 1 atom stereocenters. The van der Waals surface area contributed by atoms with Crippen molar-refractivity contribution >= 4 is 41.5 Å². The summed E-state index contributed by atoms with van der Waals surface area (Å²) in [6.07, 6.45) is 1.99. The van der Waals surface area contributed by atoms with E-state index in [4.69, 9.17) is 0 Å². The molecule has 1 unspecified atom stereocenters. The SMILES string of the molecule is CCCNC(=O)CNC(=NC)NC1CCN(c2ccccc2)C1.I. The molecule has 2 rings (SSSR count). The Hall–Kier alpha value is -1.51. The Bertz CT molecular complexity index is 523. The molecule has 1 aliphatic heterocycles. The number of hydrogen-bond acceptors (Lipinski definition) is 3. The molecule has 1 fully saturated rings. The lowest BCUT2D eigenvalue weighted by Crippen LogP contribution is -2.47. The number of benzene rings is 1. The van der Waals surface area contributed by atoms with Crippen LogP contribution in [0.4, 0.5) is 5.69 Å². The van der Waals surface area contributed by atoms with E-state index in [2.05, 4.69) is 50.1 Å². The van der Waals surface area contributed by atoms with Crippen LogP contribution in [0.5, 0.6) is 0 Å². The third kappa shape index (κ3) is 6.54. The van der Waals surface area contributed by atoms with Crippen molar-refractivity contribution in [2.24, 2.45) is 4.99 Å². The van der Waals surface area contributed by atoms with Gasteiger partial charge in [-0.05, 0) is 25.0 Å². The number of hydrogen-bond donors (Lipinski definition) is 3. The number of amides is 1. The zero-order chi connectivity index (χ0) is 16.5. The number of carbonyl (C=O) groups is 1. The van der Waals surface area contributed by atoms with E-state index < -0.39 is 0 Å². The summed E-state index contributed by atoms with van der Waals surface area (Å²) >= 11 is 0. The van der Waals surface area contributed by atoms with Crippen molar-refractivity contribution in [1.29, 1.82) is 0 Å². The highest BCUT2D eigenvalue weighted by Gasteiger charge is 2.23. The Kier molecular flexibility index (Phi) is 9.51. The molecule has 1 aromatic rings. The normalized spacial score (nSPS) is 17.2. The zero-order valence-electron chi connectivity index (χ0n) is 14.4. The van der Waals surface area contributed by atoms with Crippen LogP contribution in [0, 0.1) is 0 Å². The molecule has 1 amide bonds. The second-order valence-corrected chi connectivity index (χ2v) is 5.69. The van der Waals surface area contributed by atoms with E-state index in [1.165, 1.54) is 5.69 Å². The number of aliphatic imine (C=N–C) groups is 1. The minimum Gasteiger partial charge on any atom is -0.369 e. The smallest absolute Gasteiger partial charge is 0.239 e. The summed E-state index contributed by atoms with van der Waals surface area (Å²) in [5.41, 5.74) is 1.25. The maximum absolute atomic E-state index is 11.6. The molecule has 0 aromatic heterocycles. The summed E-state index contributed by atoms with van der Waals surface area (Å²) in [6, 6.07) is 10.8. The first-order valence-electron chi connectivity index (χ1n) is 8.26. The van der Waals surface area contributed by atoms with Crippen LogP contribution in [0.25, 0.3) is 0 Å². The first kappa shape index (κ1) is 20.5. The van der Waals surface area contributed by atoms with Crippen LogP contribution < -0.4 is 20.9 Å². The quantitative estimate of drug-likeness (QED) is 0.354. The average Bonchev–Trinajstić information content (AvgIpc) is 3.06. The van der Waals surface area contributed by atoms with E-state index in [0.29, 0.717) is 18.5 Å². The third-order valence-corrected chi connectivity index (χ3v) is 3.86. The third-order valence-electron chi connectivity index (χ3n) is 3.86. The van der Waals surface area contributed by atoms with Crippen LogP contribution in [0.15, 0.2) is 35.3 Å². The molecular weight excluding hydrogens is 417 g/mol. The van der Waals surface area contributed by atoms with Gasteiger partial charge < -0.3 is 20.9 Å². The van der Waals surface area contributed by atoms with Crippen molar-refractivity contribution < 1.29 is 4.79 Å².